The lowest BCUT2D eigenvalue weighted by atomic mass is 10.1. The molecule has 0 fully saturated rings. The van der Waals surface area contributed by atoms with Gasteiger partial charge in [-0.25, -0.2) is 4.98 Å². The van der Waals surface area contributed by atoms with Crippen molar-refractivity contribution in [1.82, 2.24) is 4.98 Å². The highest BCUT2D eigenvalue weighted by Crippen LogP contribution is 2.30. The van der Waals surface area contributed by atoms with Crippen LogP contribution in [0, 0.1) is 11.3 Å². The van der Waals surface area contributed by atoms with E-state index in [9.17, 15) is 0 Å². The molecule has 0 aliphatic rings. The van der Waals surface area contributed by atoms with Crippen LogP contribution < -0.4 is 0 Å². The molecule has 80 valence electrons. The molecule has 2 nitrogen and oxygen atoms in total. The number of aryl methyl sites for hydroxylation is 1. The first-order valence-corrected chi connectivity index (χ1v) is 6.09. The summed E-state index contributed by atoms with van der Waals surface area (Å²) >= 11 is 7.15. The molecular formula is C12H9ClN2S. The predicted octanol–water partition coefficient (Wildman–Crippen LogP) is 3.90. The van der Waals surface area contributed by atoms with Gasteiger partial charge in [0.15, 0.2) is 5.15 Å². The summed E-state index contributed by atoms with van der Waals surface area (Å²) in [4.78, 5) is 4.64. The van der Waals surface area contributed by atoms with Gasteiger partial charge in [-0.3, -0.25) is 0 Å². The van der Waals surface area contributed by atoms with Crippen molar-refractivity contribution in [1.29, 1.82) is 5.26 Å². The molecule has 2 aromatic rings. The molecule has 0 spiro atoms. The van der Waals surface area contributed by atoms with E-state index in [1.807, 2.05) is 18.2 Å². The third kappa shape index (κ3) is 2.08. The molecule has 1 aromatic heterocycles. The summed E-state index contributed by atoms with van der Waals surface area (Å²) in [6, 6.07) is 10.2. The normalized spacial score (nSPS) is 10.1. The lowest BCUT2D eigenvalue weighted by molar-refractivity contribution is 1.14. The van der Waals surface area contributed by atoms with Crippen LogP contribution in [0.2, 0.25) is 5.15 Å². The van der Waals surface area contributed by atoms with Crippen molar-refractivity contribution in [2.45, 2.75) is 13.3 Å². The molecule has 1 aromatic carbocycles. The minimum atomic E-state index is 0.294. The molecule has 0 saturated carbocycles. The van der Waals surface area contributed by atoms with Crippen molar-refractivity contribution in [3.05, 3.63) is 39.9 Å². The van der Waals surface area contributed by atoms with Gasteiger partial charge in [0, 0.05) is 5.56 Å². The van der Waals surface area contributed by atoms with Gasteiger partial charge in [0.05, 0.1) is 0 Å². The maximum absolute atomic E-state index is 8.80. The first-order chi connectivity index (χ1) is 7.74. The highest BCUT2D eigenvalue weighted by atomic mass is 35.5. The molecule has 0 bridgehead atoms. The van der Waals surface area contributed by atoms with Crippen LogP contribution in [0.4, 0.5) is 0 Å². The molecule has 0 saturated heterocycles. The number of nitriles is 1. The van der Waals surface area contributed by atoms with E-state index in [1.165, 1.54) is 16.9 Å². The molecule has 0 atom stereocenters. The molecule has 0 aliphatic carbocycles. The predicted molar refractivity (Wildman–Crippen MR) is 66.7 cm³/mol. The Balaban J connectivity index is 2.39. The SMILES string of the molecule is CCc1ccc(-c2nc(Cl)c(C#N)s2)cc1. The number of hydrogen-bond acceptors (Lipinski definition) is 3. The third-order valence-electron chi connectivity index (χ3n) is 2.30. The topological polar surface area (TPSA) is 36.7 Å². The van der Waals surface area contributed by atoms with Crippen LogP contribution in [0.1, 0.15) is 17.4 Å². The highest BCUT2D eigenvalue weighted by Gasteiger charge is 2.09. The fourth-order valence-electron chi connectivity index (χ4n) is 1.38. The van der Waals surface area contributed by atoms with Crippen LogP contribution >= 0.6 is 22.9 Å². The van der Waals surface area contributed by atoms with Crippen LogP contribution in [0.3, 0.4) is 0 Å². The second-order valence-corrected chi connectivity index (χ2v) is 4.66. The number of nitrogens with zero attached hydrogens (tertiary/aromatic N) is 2. The average Bonchev–Trinajstić information content (AvgIpc) is 2.71. The summed E-state index contributed by atoms with van der Waals surface area (Å²) in [5.74, 6) is 0. The Kier molecular flexibility index (Phi) is 3.23. The van der Waals surface area contributed by atoms with Gasteiger partial charge in [0.1, 0.15) is 16.0 Å². The molecular weight excluding hydrogens is 240 g/mol. The zero-order valence-electron chi connectivity index (χ0n) is 8.70. The maximum Gasteiger partial charge on any atom is 0.158 e. The Bertz CT molecular complexity index is 537. The molecule has 16 heavy (non-hydrogen) atoms. The van der Waals surface area contributed by atoms with E-state index >= 15 is 0 Å². The molecule has 4 heteroatoms. The number of hydrogen-bond donors (Lipinski definition) is 0. The number of rotatable bonds is 2. The molecule has 0 radical (unpaired) electrons. The Hall–Kier alpha value is -1.37. The van der Waals surface area contributed by atoms with E-state index < -0.39 is 0 Å². The van der Waals surface area contributed by atoms with E-state index in [-0.39, 0.29) is 0 Å². The van der Waals surface area contributed by atoms with Crippen molar-refractivity contribution in [2.75, 3.05) is 0 Å². The number of benzene rings is 1. The van der Waals surface area contributed by atoms with Gasteiger partial charge in [-0.1, -0.05) is 42.8 Å². The van der Waals surface area contributed by atoms with E-state index in [0.717, 1.165) is 17.0 Å². The molecule has 1 heterocycles. The minimum absolute atomic E-state index is 0.294. The standard InChI is InChI=1S/C12H9ClN2S/c1-2-8-3-5-9(6-4-8)12-15-11(13)10(7-14)16-12/h3-6H,2H2,1H3. The van der Waals surface area contributed by atoms with Crippen LogP contribution in [0.5, 0.6) is 0 Å². The quantitative estimate of drug-likeness (QED) is 0.808. The fraction of sp³-hybridized carbons (Fsp3) is 0.167. The summed E-state index contributed by atoms with van der Waals surface area (Å²) in [5, 5.41) is 9.89. The summed E-state index contributed by atoms with van der Waals surface area (Å²) in [6.45, 7) is 2.11. The Morgan fingerprint density at radius 1 is 1.38 bits per heavy atom. The Morgan fingerprint density at radius 3 is 2.56 bits per heavy atom. The van der Waals surface area contributed by atoms with Crippen molar-refractivity contribution in [2.24, 2.45) is 0 Å². The van der Waals surface area contributed by atoms with Gasteiger partial charge in [-0.15, -0.1) is 11.3 Å². The van der Waals surface area contributed by atoms with Crippen molar-refractivity contribution in [3.8, 4) is 16.6 Å². The van der Waals surface area contributed by atoms with Gasteiger partial charge in [0.2, 0.25) is 0 Å². The zero-order chi connectivity index (χ0) is 11.5. The molecule has 0 amide bonds. The van der Waals surface area contributed by atoms with Gasteiger partial charge in [0.25, 0.3) is 0 Å². The largest absolute Gasteiger partial charge is 0.223 e. The van der Waals surface area contributed by atoms with Crippen molar-refractivity contribution in [3.63, 3.8) is 0 Å². The first-order valence-electron chi connectivity index (χ1n) is 4.90. The lowest BCUT2D eigenvalue weighted by Gasteiger charge is -1.98. The highest BCUT2D eigenvalue weighted by molar-refractivity contribution is 7.16. The van der Waals surface area contributed by atoms with Gasteiger partial charge < -0.3 is 0 Å². The Labute approximate surface area is 103 Å². The van der Waals surface area contributed by atoms with E-state index in [2.05, 4.69) is 24.0 Å². The maximum atomic E-state index is 8.80. The van der Waals surface area contributed by atoms with Gasteiger partial charge in [-0.05, 0) is 12.0 Å². The number of thiazole rings is 1. The van der Waals surface area contributed by atoms with Crippen molar-refractivity contribution < 1.29 is 0 Å². The van der Waals surface area contributed by atoms with Crippen molar-refractivity contribution >= 4 is 22.9 Å². The second kappa shape index (κ2) is 4.65. The van der Waals surface area contributed by atoms with E-state index in [1.54, 1.807) is 0 Å². The van der Waals surface area contributed by atoms with E-state index in [4.69, 9.17) is 16.9 Å². The number of aromatic nitrogens is 1. The van der Waals surface area contributed by atoms with E-state index in [0.29, 0.717) is 10.0 Å². The lowest BCUT2D eigenvalue weighted by Crippen LogP contribution is -1.80. The molecule has 0 unspecified atom stereocenters. The minimum Gasteiger partial charge on any atom is -0.223 e. The second-order valence-electron chi connectivity index (χ2n) is 3.30. The fourth-order valence-corrected chi connectivity index (χ4v) is 2.43. The molecule has 2 rings (SSSR count). The smallest absolute Gasteiger partial charge is 0.158 e. The molecule has 0 N–H and O–H groups in total. The van der Waals surface area contributed by atoms with Crippen LogP contribution in [-0.2, 0) is 6.42 Å². The van der Waals surface area contributed by atoms with Crippen LogP contribution in [0.25, 0.3) is 10.6 Å². The molecule has 0 aliphatic heterocycles. The zero-order valence-corrected chi connectivity index (χ0v) is 10.3. The van der Waals surface area contributed by atoms with Gasteiger partial charge >= 0.3 is 0 Å². The summed E-state index contributed by atoms with van der Waals surface area (Å²) in [6.07, 6.45) is 1.02. The van der Waals surface area contributed by atoms with Crippen LogP contribution in [-0.4, -0.2) is 4.98 Å². The average molecular weight is 249 g/mol. The monoisotopic (exact) mass is 248 g/mol. The van der Waals surface area contributed by atoms with Crippen LogP contribution in [0.15, 0.2) is 24.3 Å². The van der Waals surface area contributed by atoms with Gasteiger partial charge in [-0.2, -0.15) is 5.26 Å². The summed E-state index contributed by atoms with van der Waals surface area (Å²) < 4.78 is 0. The summed E-state index contributed by atoms with van der Waals surface area (Å²) in [5.41, 5.74) is 2.29. The number of halogens is 1. The Morgan fingerprint density at radius 2 is 2.06 bits per heavy atom. The first kappa shape index (κ1) is 11.1. The third-order valence-corrected chi connectivity index (χ3v) is 3.69. The summed E-state index contributed by atoms with van der Waals surface area (Å²) in [7, 11) is 0.